The van der Waals surface area contributed by atoms with Crippen LogP contribution < -0.4 is 10.6 Å². The fourth-order valence-corrected chi connectivity index (χ4v) is 4.50. The van der Waals surface area contributed by atoms with Crippen molar-refractivity contribution in [3.63, 3.8) is 0 Å². The van der Waals surface area contributed by atoms with Gasteiger partial charge in [-0.15, -0.1) is 0 Å². The number of fused-ring (bicyclic) bond motifs is 1. The average Bonchev–Trinajstić information content (AvgIpc) is 3.41. The molecule has 0 unspecified atom stereocenters. The first-order valence-corrected chi connectivity index (χ1v) is 11.7. The van der Waals surface area contributed by atoms with E-state index in [1.807, 2.05) is 18.3 Å². The highest BCUT2D eigenvalue weighted by atomic mass is 16.6. The van der Waals surface area contributed by atoms with E-state index in [1.165, 1.54) is 16.7 Å². The molecule has 2 N–H and O–H groups in total. The third-order valence-corrected chi connectivity index (χ3v) is 6.42. The van der Waals surface area contributed by atoms with Gasteiger partial charge in [-0.2, -0.15) is 0 Å². The van der Waals surface area contributed by atoms with Crippen molar-refractivity contribution >= 4 is 5.95 Å². The quantitative estimate of drug-likeness (QED) is 0.595. The van der Waals surface area contributed by atoms with E-state index < -0.39 is 0 Å². The summed E-state index contributed by atoms with van der Waals surface area (Å²) in [6, 6.07) is 21.3. The van der Waals surface area contributed by atoms with Crippen LogP contribution in [-0.4, -0.2) is 47.5 Å². The van der Waals surface area contributed by atoms with Crippen molar-refractivity contribution in [2.24, 2.45) is 0 Å². The molecule has 2 aliphatic heterocycles. The van der Waals surface area contributed by atoms with E-state index in [0.717, 1.165) is 12.2 Å². The largest absolute Gasteiger partial charge is 0.371 e. The van der Waals surface area contributed by atoms with Crippen LogP contribution in [-0.2, 0) is 21.4 Å². The normalized spacial score (nSPS) is 24.6. The predicted molar refractivity (Wildman–Crippen MR) is 130 cm³/mol. The van der Waals surface area contributed by atoms with Crippen molar-refractivity contribution in [3.05, 3.63) is 78.1 Å². The summed E-state index contributed by atoms with van der Waals surface area (Å²) >= 11 is 0. The summed E-state index contributed by atoms with van der Waals surface area (Å²) in [6.07, 6.45) is 1.83. The summed E-state index contributed by atoms with van der Waals surface area (Å²) < 4.78 is 12.3. The van der Waals surface area contributed by atoms with E-state index >= 15 is 0 Å². The zero-order valence-corrected chi connectivity index (χ0v) is 19.5. The van der Waals surface area contributed by atoms with E-state index in [0.29, 0.717) is 19.2 Å². The molecule has 0 aliphatic carbocycles. The van der Waals surface area contributed by atoms with E-state index in [4.69, 9.17) is 14.5 Å². The van der Waals surface area contributed by atoms with Crippen molar-refractivity contribution in [1.29, 1.82) is 0 Å². The molecule has 0 spiro atoms. The Balaban J connectivity index is 1.17. The fourth-order valence-electron chi connectivity index (χ4n) is 4.50. The Hall–Kier alpha value is -2.80. The van der Waals surface area contributed by atoms with Crippen molar-refractivity contribution in [1.82, 2.24) is 15.3 Å². The number of anilines is 1. The molecule has 172 valence electrons. The number of nitrogens with zero attached hydrogens (tertiary/aromatic N) is 2. The molecule has 6 heteroatoms. The van der Waals surface area contributed by atoms with Crippen LogP contribution in [0, 0.1) is 0 Å². The Kier molecular flexibility index (Phi) is 6.15. The SMILES string of the molecule is CC(C)(C)c1ccnc(N[C@@H]2CO[C@@H]3[C@@H]2OC[C@@H]3NCc2ccc(-c3ccccc3)cc2)n1. The van der Waals surface area contributed by atoms with Crippen LogP contribution in [0.1, 0.15) is 32.0 Å². The van der Waals surface area contributed by atoms with Crippen LogP contribution in [0.3, 0.4) is 0 Å². The first kappa shape index (κ1) is 22.0. The smallest absolute Gasteiger partial charge is 0.223 e. The van der Waals surface area contributed by atoms with Gasteiger partial charge in [-0.3, -0.25) is 0 Å². The predicted octanol–water partition coefficient (Wildman–Crippen LogP) is 4.18. The van der Waals surface area contributed by atoms with Crippen LogP contribution in [0.4, 0.5) is 5.95 Å². The van der Waals surface area contributed by atoms with Gasteiger partial charge in [-0.05, 0) is 22.8 Å². The molecule has 4 atom stereocenters. The molecule has 33 heavy (non-hydrogen) atoms. The number of rotatable bonds is 6. The maximum atomic E-state index is 6.13. The average molecular weight is 445 g/mol. The third kappa shape index (κ3) is 4.93. The van der Waals surface area contributed by atoms with E-state index in [2.05, 4.69) is 84.9 Å². The number of hydrogen-bond acceptors (Lipinski definition) is 6. The molecule has 2 saturated heterocycles. The minimum atomic E-state index is -0.0216. The van der Waals surface area contributed by atoms with Crippen molar-refractivity contribution in [2.75, 3.05) is 18.5 Å². The second kappa shape index (κ2) is 9.21. The third-order valence-electron chi connectivity index (χ3n) is 6.42. The number of nitrogens with one attached hydrogen (secondary N) is 2. The van der Waals surface area contributed by atoms with Crippen LogP contribution in [0.5, 0.6) is 0 Å². The Bertz CT molecular complexity index is 1070. The molecule has 2 fully saturated rings. The van der Waals surface area contributed by atoms with Gasteiger partial charge in [0.15, 0.2) is 0 Å². The fraction of sp³-hybridized carbons (Fsp3) is 0.407. The van der Waals surface area contributed by atoms with Gasteiger partial charge in [0.1, 0.15) is 12.2 Å². The standard InChI is InChI=1S/C27H32N4O2/c1-27(2,3)23-13-14-28-26(31-23)30-22-17-33-24-21(16-32-25(22)24)29-15-18-9-11-20(12-10-18)19-7-5-4-6-8-19/h4-14,21-22,24-25,29H,15-17H2,1-3H3,(H,28,30,31)/t21-,22+,24-,25+/m0/s1. The van der Waals surface area contributed by atoms with Crippen LogP contribution in [0.15, 0.2) is 66.9 Å². The summed E-state index contributed by atoms with van der Waals surface area (Å²) in [5.74, 6) is 0.634. The number of ether oxygens (including phenoxy) is 2. The van der Waals surface area contributed by atoms with Crippen molar-refractivity contribution < 1.29 is 9.47 Å². The topological polar surface area (TPSA) is 68.3 Å². The lowest BCUT2D eigenvalue weighted by Gasteiger charge is -2.21. The summed E-state index contributed by atoms with van der Waals surface area (Å²) in [7, 11) is 0. The van der Waals surface area contributed by atoms with Gasteiger partial charge in [0.05, 0.1) is 31.0 Å². The highest BCUT2D eigenvalue weighted by molar-refractivity contribution is 5.63. The maximum Gasteiger partial charge on any atom is 0.223 e. The van der Waals surface area contributed by atoms with Gasteiger partial charge in [-0.25, -0.2) is 9.97 Å². The molecule has 0 radical (unpaired) electrons. The van der Waals surface area contributed by atoms with E-state index in [1.54, 1.807) is 0 Å². The molecular weight excluding hydrogens is 412 g/mol. The molecule has 6 nitrogen and oxygen atoms in total. The second-order valence-electron chi connectivity index (χ2n) is 9.91. The molecular formula is C27H32N4O2. The minimum absolute atomic E-state index is 0.00940. The summed E-state index contributed by atoms with van der Waals surface area (Å²) in [5.41, 5.74) is 4.71. The maximum absolute atomic E-state index is 6.13. The highest BCUT2D eigenvalue weighted by Gasteiger charge is 2.47. The van der Waals surface area contributed by atoms with Gasteiger partial charge in [0.2, 0.25) is 5.95 Å². The molecule has 0 amide bonds. The van der Waals surface area contributed by atoms with Gasteiger partial charge in [0.25, 0.3) is 0 Å². The molecule has 2 aromatic carbocycles. The number of hydrogen-bond donors (Lipinski definition) is 2. The lowest BCUT2D eigenvalue weighted by atomic mass is 9.92. The Morgan fingerprint density at radius 1 is 0.848 bits per heavy atom. The molecule has 0 saturated carbocycles. The molecule has 3 aromatic rings. The van der Waals surface area contributed by atoms with E-state index in [-0.39, 0.29) is 29.7 Å². The lowest BCUT2D eigenvalue weighted by molar-refractivity contribution is 0.0675. The van der Waals surface area contributed by atoms with Crippen molar-refractivity contribution in [3.8, 4) is 11.1 Å². The monoisotopic (exact) mass is 444 g/mol. The highest BCUT2D eigenvalue weighted by Crippen LogP contribution is 2.29. The Labute approximate surface area is 195 Å². The summed E-state index contributed by atoms with van der Waals surface area (Å²) in [5, 5.41) is 7.07. The van der Waals surface area contributed by atoms with Crippen molar-refractivity contribution in [2.45, 2.75) is 57.0 Å². The second-order valence-corrected chi connectivity index (χ2v) is 9.91. The molecule has 0 bridgehead atoms. The summed E-state index contributed by atoms with van der Waals surface area (Å²) in [6.45, 7) is 8.46. The van der Waals surface area contributed by atoms with E-state index in [9.17, 15) is 0 Å². The first-order valence-electron chi connectivity index (χ1n) is 11.7. The molecule has 3 heterocycles. The lowest BCUT2D eigenvalue weighted by Crippen LogP contribution is -2.41. The minimum Gasteiger partial charge on any atom is -0.371 e. The Morgan fingerprint density at radius 2 is 1.52 bits per heavy atom. The Morgan fingerprint density at radius 3 is 2.24 bits per heavy atom. The zero-order valence-electron chi connectivity index (χ0n) is 19.5. The van der Waals surface area contributed by atoms with Gasteiger partial charge < -0.3 is 20.1 Å². The first-order chi connectivity index (χ1) is 16.0. The molecule has 2 aliphatic rings. The van der Waals surface area contributed by atoms with Gasteiger partial charge in [0, 0.05) is 18.2 Å². The van der Waals surface area contributed by atoms with Gasteiger partial charge >= 0.3 is 0 Å². The van der Waals surface area contributed by atoms with Crippen LogP contribution in [0.2, 0.25) is 0 Å². The van der Waals surface area contributed by atoms with Gasteiger partial charge in [-0.1, -0.05) is 75.4 Å². The zero-order chi connectivity index (χ0) is 22.8. The number of aromatic nitrogens is 2. The van der Waals surface area contributed by atoms with Crippen LogP contribution in [0.25, 0.3) is 11.1 Å². The molecule has 1 aromatic heterocycles. The number of benzene rings is 2. The summed E-state index contributed by atoms with van der Waals surface area (Å²) in [4.78, 5) is 9.10. The molecule has 5 rings (SSSR count). The van der Waals surface area contributed by atoms with Crippen LogP contribution >= 0.6 is 0 Å².